The highest BCUT2D eigenvalue weighted by molar-refractivity contribution is 5.78. The van der Waals surface area contributed by atoms with Crippen LogP contribution < -0.4 is 5.32 Å². The molecule has 1 saturated carbocycles. The number of fused-ring (bicyclic) bond motifs is 1. The fraction of sp³-hybridized carbons (Fsp3) is 0.500. The van der Waals surface area contributed by atoms with Crippen molar-refractivity contribution in [2.45, 2.75) is 38.6 Å². The zero-order chi connectivity index (χ0) is 13.4. The van der Waals surface area contributed by atoms with E-state index in [0.717, 1.165) is 29.3 Å². The van der Waals surface area contributed by atoms with Crippen molar-refractivity contribution in [2.75, 3.05) is 6.54 Å². The molecular weight excluding hydrogens is 241 g/mol. The maximum Gasteiger partial charge on any atom is 0.134 e. The van der Waals surface area contributed by atoms with Crippen LogP contribution in [0.4, 0.5) is 4.39 Å². The number of furan rings is 1. The Morgan fingerprint density at radius 2 is 2.11 bits per heavy atom. The number of rotatable bonds is 5. The quantitative estimate of drug-likeness (QED) is 0.878. The lowest BCUT2D eigenvalue weighted by molar-refractivity contribution is 0.390. The van der Waals surface area contributed by atoms with E-state index in [-0.39, 0.29) is 5.82 Å². The average Bonchev–Trinajstić information content (AvgIpc) is 3.13. The number of nitrogens with one attached hydrogen (secondary N) is 1. The Labute approximate surface area is 113 Å². The summed E-state index contributed by atoms with van der Waals surface area (Å²) in [6.45, 7) is 5.42. The van der Waals surface area contributed by atoms with Gasteiger partial charge >= 0.3 is 0 Å². The molecule has 19 heavy (non-hydrogen) atoms. The van der Waals surface area contributed by atoms with E-state index in [4.69, 9.17) is 4.42 Å². The zero-order valence-corrected chi connectivity index (χ0v) is 11.4. The van der Waals surface area contributed by atoms with Crippen LogP contribution in [0.25, 0.3) is 11.0 Å². The van der Waals surface area contributed by atoms with Gasteiger partial charge in [-0.2, -0.15) is 0 Å². The summed E-state index contributed by atoms with van der Waals surface area (Å²) in [7, 11) is 0. The van der Waals surface area contributed by atoms with Gasteiger partial charge in [-0.1, -0.05) is 13.8 Å². The molecule has 1 aromatic carbocycles. The Hall–Kier alpha value is -1.35. The second-order valence-corrected chi connectivity index (χ2v) is 5.78. The normalized spacial score (nSPS) is 18.7. The third kappa shape index (κ3) is 2.81. The average molecular weight is 261 g/mol. The standard InChI is InChI=1S/C16H20FNO/c1-10(9-18-14-4-5-14)11(2)16-8-12-7-13(17)3-6-15(12)19-16/h3,6-8,10-11,14,18H,4-5,9H2,1-2H3. The highest BCUT2D eigenvalue weighted by Gasteiger charge is 2.24. The fourth-order valence-electron chi connectivity index (χ4n) is 2.36. The van der Waals surface area contributed by atoms with Gasteiger partial charge in [0.1, 0.15) is 17.2 Å². The third-order valence-corrected chi connectivity index (χ3v) is 4.11. The molecule has 2 aromatic rings. The lowest BCUT2D eigenvalue weighted by Gasteiger charge is -2.18. The van der Waals surface area contributed by atoms with Crippen molar-refractivity contribution in [3.8, 4) is 0 Å². The van der Waals surface area contributed by atoms with E-state index in [1.54, 1.807) is 6.07 Å². The second-order valence-electron chi connectivity index (χ2n) is 5.78. The van der Waals surface area contributed by atoms with Gasteiger partial charge in [0.15, 0.2) is 0 Å². The van der Waals surface area contributed by atoms with Crippen molar-refractivity contribution in [3.63, 3.8) is 0 Å². The van der Waals surface area contributed by atoms with E-state index in [0.29, 0.717) is 11.8 Å². The first-order valence-corrected chi connectivity index (χ1v) is 7.06. The van der Waals surface area contributed by atoms with E-state index in [1.165, 1.54) is 25.0 Å². The maximum absolute atomic E-state index is 13.2. The van der Waals surface area contributed by atoms with Crippen molar-refractivity contribution in [2.24, 2.45) is 5.92 Å². The van der Waals surface area contributed by atoms with Gasteiger partial charge in [-0.15, -0.1) is 0 Å². The summed E-state index contributed by atoms with van der Waals surface area (Å²) < 4.78 is 19.0. The third-order valence-electron chi connectivity index (χ3n) is 4.11. The number of hydrogen-bond donors (Lipinski definition) is 1. The highest BCUT2D eigenvalue weighted by Crippen LogP contribution is 2.30. The summed E-state index contributed by atoms with van der Waals surface area (Å²) in [6, 6.07) is 7.38. The van der Waals surface area contributed by atoms with Crippen molar-refractivity contribution in [1.29, 1.82) is 0 Å². The van der Waals surface area contributed by atoms with Gasteiger partial charge in [0.2, 0.25) is 0 Å². The van der Waals surface area contributed by atoms with E-state index in [9.17, 15) is 4.39 Å². The van der Waals surface area contributed by atoms with Gasteiger partial charge in [-0.05, 0) is 49.6 Å². The molecule has 3 heteroatoms. The zero-order valence-electron chi connectivity index (χ0n) is 11.4. The lowest BCUT2D eigenvalue weighted by atomic mass is 9.93. The SMILES string of the molecule is CC(CNC1CC1)C(C)c1cc2cc(F)ccc2o1. The molecule has 1 N–H and O–H groups in total. The molecular formula is C16H20FNO. The first-order valence-electron chi connectivity index (χ1n) is 7.06. The highest BCUT2D eigenvalue weighted by atomic mass is 19.1. The fourth-order valence-corrected chi connectivity index (χ4v) is 2.36. The minimum atomic E-state index is -0.212. The van der Waals surface area contributed by atoms with Crippen LogP contribution in [0.1, 0.15) is 38.4 Å². The van der Waals surface area contributed by atoms with Crippen LogP contribution in [-0.2, 0) is 0 Å². The molecule has 0 amide bonds. The molecule has 1 aliphatic rings. The molecule has 0 spiro atoms. The van der Waals surface area contributed by atoms with Crippen molar-refractivity contribution < 1.29 is 8.81 Å². The molecule has 1 aliphatic carbocycles. The smallest absolute Gasteiger partial charge is 0.134 e. The van der Waals surface area contributed by atoms with Crippen molar-refractivity contribution in [3.05, 3.63) is 35.8 Å². The monoisotopic (exact) mass is 261 g/mol. The van der Waals surface area contributed by atoms with Gasteiger partial charge in [0, 0.05) is 17.3 Å². The first-order chi connectivity index (χ1) is 9.13. The molecule has 2 nitrogen and oxygen atoms in total. The van der Waals surface area contributed by atoms with E-state index >= 15 is 0 Å². The Morgan fingerprint density at radius 1 is 1.32 bits per heavy atom. The summed E-state index contributed by atoms with van der Waals surface area (Å²) in [5.74, 6) is 1.58. The maximum atomic E-state index is 13.2. The van der Waals surface area contributed by atoms with Gasteiger partial charge in [-0.25, -0.2) is 4.39 Å². The predicted molar refractivity (Wildman–Crippen MR) is 74.8 cm³/mol. The van der Waals surface area contributed by atoms with Crippen LogP contribution in [0.15, 0.2) is 28.7 Å². The summed E-state index contributed by atoms with van der Waals surface area (Å²) >= 11 is 0. The molecule has 0 radical (unpaired) electrons. The molecule has 0 saturated heterocycles. The largest absolute Gasteiger partial charge is 0.461 e. The molecule has 2 unspecified atom stereocenters. The molecule has 2 atom stereocenters. The minimum Gasteiger partial charge on any atom is -0.461 e. The Balaban J connectivity index is 1.74. The topological polar surface area (TPSA) is 25.2 Å². The van der Waals surface area contributed by atoms with Crippen LogP contribution in [-0.4, -0.2) is 12.6 Å². The Kier molecular flexibility index (Phi) is 3.31. The van der Waals surface area contributed by atoms with Crippen LogP contribution in [0.2, 0.25) is 0 Å². The summed E-state index contributed by atoms with van der Waals surface area (Å²) in [4.78, 5) is 0. The summed E-state index contributed by atoms with van der Waals surface area (Å²) in [5.41, 5.74) is 0.769. The van der Waals surface area contributed by atoms with Crippen molar-refractivity contribution in [1.82, 2.24) is 5.32 Å². The summed E-state index contributed by atoms with van der Waals surface area (Å²) in [6.07, 6.45) is 2.62. The van der Waals surface area contributed by atoms with Crippen LogP contribution in [0.5, 0.6) is 0 Å². The number of benzene rings is 1. The van der Waals surface area contributed by atoms with Crippen LogP contribution in [0, 0.1) is 11.7 Å². The van der Waals surface area contributed by atoms with Crippen molar-refractivity contribution >= 4 is 11.0 Å². The number of hydrogen-bond acceptors (Lipinski definition) is 2. The van der Waals surface area contributed by atoms with Gasteiger partial charge in [0.25, 0.3) is 0 Å². The molecule has 0 aliphatic heterocycles. The Bertz CT molecular complexity index is 573. The molecule has 3 rings (SSSR count). The van der Waals surface area contributed by atoms with E-state index in [1.807, 2.05) is 6.07 Å². The van der Waals surface area contributed by atoms with E-state index < -0.39 is 0 Å². The predicted octanol–water partition coefficient (Wildman–Crippen LogP) is 4.06. The van der Waals surface area contributed by atoms with E-state index in [2.05, 4.69) is 19.2 Å². The number of halogens is 1. The first kappa shape index (κ1) is 12.7. The molecule has 1 aromatic heterocycles. The Morgan fingerprint density at radius 3 is 2.84 bits per heavy atom. The van der Waals surface area contributed by atoms with Gasteiger partial charge in [0.05, 0.1) is 0 Å². The van der Waals surface area contributed by atoms with Gasteiger partial charge in [-0.3, -0.25) is 0 Å². The van der Waals surface area contributed by atoms with Crippen LogP contribution >= 0.6 is 0 Å². The molecule has 0 bridgehead atoms. The molecule has 1 heterocycles. The second kappa shape index (κ2) is 4.97. The summed E-state index contributed by atoms with van der Waals surface area (Å²) in [5, 5.41) is 4.40. The molecule has 102 valence electrons. The molecule has 1 fully saturated rings. The minimum absolute atomic E-state index is 0.212. The lowest BCUT2D eigenvalue weighted by Crippen LogP contribution is -2.25. The van der Waals surface area contributed by atoms with Gasteiger partial charge < -0.3 is 9.73 Å². The van der Waals surface area contributed by atoms with Crippen LogP contribution in [0.3, 0.4) is 0 Å².